The number of rotatable bonds is 5. The summed E-state index contributed by atoms with van der Waals surface area (Å²) in [4.78, 5) is 29.0. The van der Waals surface area contributed by atoms with E-state index in [9.17, 15) is 14.0 Å². The van der Waals surface area contributed by atoms with Crippen molar-refractivity contribution in [1.29, 1.82) is 0 Å². The average molecular weight is 419 g/mol. The molecule has 1 heterocycles. The van der Waals surface area contributed by atoms with Crippen molar-refractivity contribution in [3.63, 3.8) is 0 Å². The first kappa shape index (κ1) is 19.8. The summed E-state index contributed by atoms with van der Waals surface area (Å²) >= 11 is 6.91. The third-order valence-corrected chi connectivity index (χ3v) is 5.02. The molecule has 0 saturated carbocycles. The molecule has 0 aliphatic heterocycles. The molecular formula is C19H16ClFN4O2S. The molecule has 0 aliphatic rings. The van der Waals surface area contributed by atoms with Gasteiger partial charge in [0.2, 0.25) is 0 Å². The first-order chi connectivity index (χ1) is 13.4. The molecular weight excluding hydrogens is 403 g/mol. The minimum absolute atomic E-state index is 0.281. The number of carbonyl (C=O) groups is 2. The SMILES string of the molecule is Cc1nc(NC(=O)Nc2ccc(F)cc2)sc1C(=O)NCc1ccc(Cl)cc1. The highest BCUT2D eigenvalue weighted by molar-refractivity contribution is 7.17. The van der Waals surface area contributed by atoms with Crippen LogP contribution >= 0.6 is 22.9 Å². The van der Waals surface area contributed by atoms with Crippen LogP contribution in [0.4, 0.5) is 20.0 Å². The second kappa shape index (κ2) is 8.81. The maximum atomic E-state index is 12.9. The number of aryl methyl sites for hydroxylation is 1. The van der Waals surface area contributed by atoms with Crippen LogP contribution in [-0.2, 0) is 6.54 Å². The normalized spacial score (nSPS) is 10.4. The molecule has 1 aromatic heterocycles. The Morgan fingerprint density at radius 3 is 2.43 bits per heavy atom. The molecule has 9 heteroatoms. The van der Waals surface area contributed by atoms with Crippen LogP contribution in [0.15, 0.2) is 48.5 Å². The number of thiazole rings is 1. The van der Waals surface area contributed by atoms with E-state index >= 15 is 0 Å². The summed E-state index contributed by atoms with van der Waals surface area (Å²) in [5.41, 5.74) is 1.86. The van der Waals surface area contributed by atoms with E-state index in [1.807, 2.05) is 12.1 Å². The molecule has 0 radical (unpaired) electrons. The molecule has 0 atom stereocenters. The average Bonchev–Trinajstić information content (AvgIpc) is 3.03. The van der Waals surface area contributed by atoms with Gasteiger partial charge in [-0.3, -0.25) is 10.1 Å². The molecule has 6 nitrogen and oxygen atoms in total. The Labute approximate surface area is 169 Å². The zero-order valence-corrected chi connectivity index (χ0v) is 16.3. The number of nitrogens with one attached hydrogen (secondary N) is 3. The second-order valence-electron chi connectivity index (χ2n) is 5.83. The Hall–Kier alpha value is -2.97. The summed E-state index contributed by atoms with van der Waals surface area (Å²) in [5.74, 6) is -0.673. The van der Waals surface area contributed by atoms with Gasteiger partial charge in [-0.25, -0.2) is 14.2 Å². The summed E-state index contributed by atoms with van der Waals surface area (Å²) in [6, 6.07) is 12.0. The topological polar surface area (TPSA) is 83.1 Å². The molecule has 2 aromatic carbocycles. The van der Waals surface area contributed by atoms with Crippen LogP contribution in [0.5, 0.6) is 0 Å². The summed E-state index contributed by atoms with van der Waals surface area (Å²) in [6.45, 7) is 2.04. The van der Waals surface area contributed by atoms with Crippen molar-refractivity contribution in [2.45, 2.75) is 13.5 Å². The number of urea groups is 1. The molecule has 144 valence electrons. The van der Waals surface area contributed by atoms with Crippen LogP contribution in [0.3, 0.4) is 0 Å². The standard InChI is InChI=1S/C19H16ClFN4O2S/c1-11-16(17(26)22-10-12-2-4-13(20)5-3-12)28-19(23-11)25-18(27)24-15-8-6-14(21)7-9-15/h2-9H,10H2,1H3,(H,22,26)(H2,23,24,25,27). The lowest BCUT2D eigenvalue weighted by molar-refractivity contribution is 0.0954. The lowest BCUT2D eigenvalue weighted by Crippen LogP contribution is -2.22. The summed E-state index contributed by atoms with van der Waals surface area (Å²) < 4.78 is 12.9. The molecule has 28 heavy (non-hydrogen) atoms. The highest BCUT2D eigenvalue weighted by Gasteiger charge is 2.16. The van der Waals surface area contributed by atoms with E-state index in [0.717, 1.165) is 16.9 Å². The second-order valence-corrected chi connectivity index (χ2v) is 7.26. The van der Waals surface area contributed by atoms with Crippen molar-refractivity contribution in [3.05, 3.63) is 75.5 Å². The smallest absolute Gasteiger partial charge is 0.325 e. The maximum absolute atomic E-state index is 12.9. The van der Waals surface area contributed by atoms with Gasteiger partial charge in [-0.2, -0.15) is 0 Å². The molecule has 3 rings (SSSR count). The number of amides is 3. The molecule has 0 aliphatic carbocycles. The van der Waals surface area contributed by atoms with Crippen LogP contribution in [-0.4, -0.2) is 16.9 Å². The Bertz CT molecular complexity index is 990. The van der Waals surface area contributed by atoms with Gasteiger partial charge in [0.1, 0.15) is 10.7 Å². The van der Waals surface area contributed by atoms with Crippen LogP contribution < -0.4 is 16.0 Å². The summed E-state index contributed by atoms with van der Waals surface area (Å²) in [5, 5.41) is 8.86. The van der Waals surface area contributed by atoms with E-state index in [0.29, 0.717) is 27.8 Å². The van der Waals surface area contributed by atoms with Crippen LogP contribution in [0, 0.1) is 12.7 Å². The molecule has 0 bridgehead atoms. The first-order valence-electron chi connectivity index (χ1n) is 8.24. The predicted molar refractivity (Wildman–Crippen MR) is 109 cm³/mol. The fourth-order valence-electron chi connectivity index (χ4n) is 2.32. The quantitative estimate of drug-likeness (QED) is 0.555. The number of aromatic nitrogens is 1. The molecule has 0 saturated heterocycles. The summed E-state index contributed by atoms with van der Waals surface area (Å²) in [7, 11) is 0. The fourth-order valence-corrected chi connectivity index (χ4v) is 3.32. The van der Waals surface area contributed by atoms with Crippen molar-refractivity contribution in [3.8, 4) is 0 Å². The van der Waals surface area contributed by atoms with Crippen LogP contribution in [0.2, 0.25) is 5.02 Å². The Balaban J connectivity index is 1.58. The van der Waals surface area contributed by atoms with Gasteiger partial charge in [-0.1, -0.05) is 35.1 Å². The van der Waals surface area contributed by atoms with Gasteiger partial charge in [0, 0.05) is 17.3 Å². The van der Waals surface area contributed by atoms with Crippen molar-refractivity contribution in [1.82, 2.24) is 10.3 Å². The maximum Gasteiger partial charge on any atom is 0.325 e. The van der Waals surface area contributed by atoms with Gasteiger partial charge in [-0.15, -0.1) is 0 Å². The van der Waals surface area contributed by atoms with E-state index < -0.39 is 11.8 Å². The highest BCUT2D eigenvalue weighted by atomic mass is 35.5. The number of hydrogen-bond donors (Lipinski definition) is 3. The van der Waals surface area contributed by atoms with Gasteiger partial charge in [0.05, 0.1) is 5.69 Å². The summed E-state index contributed by atoms with van der Waals surface area (Å²) in [6.07, 6.45) is 0. The lowest BCUT2D eigenvalue weighted by Gasteiger charge is -2.05. The predicted octanol–water partition coefficient (Wildman–Crippen LogP) is 4.82. The molecule has 0 spiro atoms. The Morgan fingerprint density at radius 2 is 1.75 bits per heavy atom. The van der Waals surface area contributed by atoms with Gasteiger partial charge < -0.3 is 10.6 Å². The third kappa shape index (κ3) is 5.28. The zero-order valence-electron chi connectivity index (χ0n) is 14.8. The van der Waals surface area contributed by atoms with Crippen LogP contribution in [0.25, 0.3) is 0 Å². The van der Waals surface area contributed by atoms with Gasteiger partial charge >= 0.3 is 6.03 Å². The molecule has 3 amide bonds. The third-order valence-electron chi connectivity index (χ3n) is 3.69. The van der Waals surface area contributed by atoms with Crippen molar-refractivity contribution >= 4 is 45.7 Å². The van der Waals surface area contributed by atoms with E-state index in [-0.39, 0.29) is 11.0 Å². The number of carbonyl (C=O) groups excluding carboxylic acids is 2. The van der Waals surface area contributed by atoms with E-state index in [2.05, 4.69) is 20.9 Å². The first-order valence-corrected chi connectivity index (χ1v) is 9.44. The fraction of sp³-hybridized carbons (Fsp3) is 0.105. The van der Waals surface area contributed by atoms with Crippen molar-refractivity contribution in [2.75, 3.05) is 10.6 Å². The van der Waals surface area contributed by atoms with Gasteiger partial charge in [0.15, 0.2) is 5.13 Å². The monoisotopic (exact) mass is 418 g/mol. The minimum Gasteiger partial charge on any atom is -0.347 e. The van der Waals surface area contributed by atoms with Crippen LogP contribution in [0.1, 0.15) is 20.9 Å². The molecule has 0 fully saturated rings. The largest absolute Gasteiger partial charge is 0.347 e. The van der Waals surface area contributed by atoms with E-state index in [4.69, 9.17) is 11.6 Å². The highest BCUT2D eigenvalue weighted by Crippen LogP contribution is 2.23. The number of nitrogens with zero attached hydrogens (tertiary/aromatic N) is 1. The Morgan fingerprint density at radius 1 is 1.07 bits per heavy atom. The molecule has 3 N–H and O–H groups in total. The van der Waals surface area contributed by atoms with Crippen molar-refractivity contribution in [2.24, 2.45) is 0 Å². The number of benzene rings is 2. The molecule has 0 unspecified atom stereocenters. The minimum atomic E-state index is -0.534. The zero-order chi connectivity index (χ0) is 20.1. The number of halogens is 2. The van der Waals surface area contributed by atoms with E-state index in [1.54, 1.807) is 19.1 Å². The Kier molecular flexibility index (Phi) is 6.23. The van der Waals surface area contributed by atoms with Gasteiger partial charge in [-0.05, 0) is 48.9 Å². The number of anilines is 2. The van der Waals surface area contributed by atoms with Gasteiger partial charge in [0.25, 0.3) is 5.91 Å². The lowest BCUT2D eigenvalue weighted by atomic mass is 10.2. The number of hydrogen-bond acceptors (Lipinski definition) is 4. The molecule has 3 aromatic rings. The van der Waals surface area contributed by atoms with E-state index in [1.165, 1.54) is 24.3 Å². The van der Waals surface area contributed by atoms with Crippen molar-refractivity contribution < 1.29 is 14.0 Å².